The first-order valence-corrected chi connectivity index (χ1v) is 6.59. The van der Waals surface area contributed by atoms with Gasteiger partial charge in [-0.1, -0.05) is 13.8 Å². The Morgan fingerprint density at radius 1 is 1.45 bits per heavy atom. The van der Waals surface area contributed by atoms with Crippen molar-refractivity contribution in [3.8, 4) is 0 Å². The number of anilines is 1. The molecule has 1 aromatic rings. The zero-order chi connectivity index (χ0) is 14.9. The molecule has 2 rings (SSSR count). The van der Waals surface area contributed by atoms with E-state index in [1.165, 1.54) is 6.07 Å². The lowest BCUT2D eigenvalue weighted by atomic mass is 9.93. The predicted octanol–water partition coefficient (Wildman–Crippen LogP) is 2.51. The van der Waals surface area contributed by atoms with Gasteiger partial charge in [-0.3, -0.25) is 14.9 Å². The average molecular weight is 277 g/mol. The Kier molecular flexibility index (Phi) is 3.65. The molecule has 20 heavy (non-hydrogen) atoms. The lowest BCUT2D eigenvalue weighted by Gasteiger charge is -2.20. The number of carbonyl (C=O) groups is 1. The molecule has 0 unspecified atom stereocenters. The van der Waals surface area contributed by atoms with Gasteiger partial charge < -0.3 is 10.2 Å². The Bertz CT molecular complexity index is 555. The SMILES string of the molecule is CNc1ccc([N+](=O)[O-])c(C(=O)N2CCC(C)(C)C2)c1. The van der Waals surface area contributed by atoms with Crippen LogP contribution in [0.1, 0.15) is 30.6 Å². The van der Waals surface area contributed by atoms with Gasteiger partial charge in [0.2, 0.25) is 0 Å². The van der Waals surface area contributed by atoms with E-state index >= 15 is 0 Å². The highest BCUT2D eigenvalue weighted by Gasteiger charge is 2.34. The monoisotopic (exact) mass is 277 g/mol. The van der Waals surface area contributed by atoms with Crippen molar-refractivity contribution in [2.45, 2.75) is 20.3 Å². The van der Waals surface area contributed by atoms with E-state index in [0.717, 1.165) is 6.42 Å². The summed E-state index contributed by atoms with van der Waals surface area (Å²) in [6.07, 6.45) is 0.915. The highest BCUT2D eigenvalue weighted by atomic mass is 16.6. The molecule has 1 saturated heterocycles. The van der Waals surface area contributed by atoms with Gasteiger partial charge >= 0.3 is 0 Å². The first-order valence-electron chi connectivity index (χ1n) is 6.59. The summed E-state index contributed by atoms with van der Waals surface area (Å²) in [5.41, 5.74) is 0.779. The summed E-state index contributed by atoms with van der Waals surface area (Å²) in [7, 11) is 1.72. The number of hydrogen-bond donors (Lipinski definition) is 1. The lowest BCUT2D eigenvalue weighted by molar-refractivity contribution is -0.385. The second-order valence-corrected chi connectivity index (χ2v) is 5.88. The summed E-state index contributed by atoms with van der Waals surface area (Å²) in [5, 5.41) is 14.0. The summed E-state index contributed by atoms with van der Waals surface area (Å²) in [4.78, 5) is 24.8. The maximum absolute atomic E-state index is 12.5. The Labute approximate surface area is 117 Å². The number of hydrogen-bond acceptors (Lipinski definition) is 4. The predicted molar refractivity (Wildman–Crippen MR) is 76.9 cm³/mol. The molecule has 6 nitrogen and oxygen atoms in total. The highest BCUT2D eigenvalue weighted by molar-refractivity contribution is 5.99. The van der Waals surface area contributed by atoms with Crippen molar-refractivity contribution in [2.24, 2.45) is 5.41 Å². The summed E-state index contributed by atoms with van der Waals surface area (Å²) in [6, 6.07) is 4.52. The van der Waals surface area contributed by atoms with Crippen LogP contribution in [-0.4, -0.2) is 35.9 Å². The number of nitro groups is 1. The molecule has 1 fully saturated rings. The Morgan fingerprint density at radius 3 is 2.65 bits per heavy atom. The van der Waals surface area contributed by atoms with Gasteiger partial charge in [0.25, 0.3) is 11.6 Å². The molecular formula is C14H19N3O3. The van der Waals surface area contributed by atoms with Gasteiger partial charge in [0.1, 0.15) is 5.56 Å². The molecule has 0 aliphatic carbocycles. The van der Waals surface area contributed by atoms with Crippen LogP contribution < -0.4 is 5.32 Å². The molecule has 0 bridgehead atoms. The maximum atomic E-state index is 12.5. The number of rotatable bonds is 3. The third kappa shape index (κ3) is 2.74. The Morgan fingerprint density at radius 2 is 2.15 bits per heavy atom. The van der Waals surface area contributed by atoms with Gasteiger partial charge in [-0.15, -0.1) is 0 Å². The lowest BCUT2D eigenvalue weighted by Crippen LogP contribution is -2.30. The number of amides is 1. The molecule has 108 valence electrons. The molecule has 1 aliphatic rings. The standard InChI is InChI=1S/C14H19N3O3/c1-14(2)6-7-16(9-14)13(18)11-8-10(15-3)4-5-12(11)17(19)20/h4-5,8,15H,6-7,9H2,1-3H3. The van der Waals surface area contributed by atoms with E-state index in [0.29, 0.717) is 18.8 Å². The molecule has 0 saturated carbocycles. The van der Waals surface area contributed by atoms with Crippen LogP contribution in [0.25, 0.3) is 0 Å². The molecule has 1 amide bonds. The number of benzene rings is 1. The molecule has 0 atom stereocenters. The zero-order valence-electron chi connectivity index (χ0n) is 12.0. The van der Waals surface area contributed by atoms with Crippen LogP contribution >= 0.6 is 0 Å². The van der Waals surface area contributed by atoms with Gasteiger partial charge in [0, 0.05) is 31.9 Å². The van der Waals surface area contributed by atoms with Crippen molar-refractivity contribution in [3.05, 3.63) is 33.9 Å². The van der Waals surface area contributed by atoms with E-state index < -0.39 is 4.92 Å². The first kappa shape index (κ1) is 14.3. The molecule has 1 aromatic carbocycles. The number of carbonyl (C=O) groups excluding carboxylic acids is 1. The van der Waals surface area contributed by atoms with E-state index in [2.05, 4.69) is 19.2 Å². The highest BCUT2D eigenvalue weighted by Crippen LogP contribution is 2.32. The Balaban J connectivity index is 2.35. The minimum atomic E-state index is -0.506. The molecule has 0 spiro atoms. The van der Waals surface area contributed by atoms with Crippen LogP contribution in [0.3, 0.4) is 0 Å². The smallest absolute Gasteiger partial charge is 0.282 e. The fraction of sp³-hybridized carbons (Fsp3) is 0.500. The minimum absolute atomic E-state index is 0.0745. The van der Waals surface area contributed by atoms with Crippen LogP contribution in [0.15, 0.2) is 18.2 Å². The third-order valence-electron chi connectivity index (χ3n) is 3.68. The van der Waals surface area contributed by atoms with Gasteiger partial charge in [-0.2, -0.15) is 0 Å². The third-order valence-corrected chi connectivity index (χ3v) is 3.68. The van der Waals surface area contributed by atoms with Crippen LogP contribution in [0.4, 0.5) is 11.4 Å². The number of likely N-dealkylation sites (tertiary alicyclic amines) is 1. The molecule has 0 radical (unpaired) electrons. The molecule has 0 aromatic heterocycles. The minimum Gasteiger partial charge on any atom is -0.388 e. The van der Waals surface area contributed by atoms with Gasteiger partial charge in [0.15, 0.2) is 0 Å². The van der Waals surface area contributed by atoms with E-state index in [-0.39, 0.29) is 22.6 Å². The largest absolute Gasteiger partial charge is 0.388 e. The van der Waals surface area contributed by atoms with Crippen molar-refractivity contribution in [1.82, 2.24) is 4.90 Å². The number of nitro benzene ring substituents is 1. The van der Waals surface area contributed by atoms with Crippen LogP contribution in [0, 0.1) is 15.5 Å². The molecule has 1 N–H and O–H groups in total. The van der Waals surface area contributed by atoms with Crippen molar-refractivity contribution in [1.29, 1.82) is 0 Å². The Hall–Kier alpha value is -2.11. The van der Waals surface area contributed by atoms with Gasteiger partial charge in [0.05, 0.1) is 4.92 Å². The van der Waals surface area contributed by atoms with Crippen LogP contribution in [0.5, 0.6) is 0 Å². The molecule has 1 heterocycles. The van der Waals surface area contributed by atoms with Crippen molar-refractivity contribution in [3.63, 3.8) is 0 Å². The quantitative estimate of drug-likeness (QED) is 0.680. The van der Waals surface area contributed by atoms with E-state index in [1.807, 2.05) is 0 Å². The fourth-order valence-corrected chi connectivity index (χ4v) is 2.48. The average Bonchev–Trinajstić information content (AvgIpc) is 2.77. The second-order valence-electron chi connectivity index (χ2n) is 5.88. The summed E-state index contributed by atoms with van der Waals surface area (Å²) in [6.45, 7) is 5.47. The fourth-order valence-electron chi connectivity index (χ4n) is 2.48. The topological polar surface area (TPSA) is 75.5 Å². The summed E-state index contributed by atoms with van der Waals surface area (Å²) in [5.74, 6) is -0.264. The zero-order valence-corrected chi connectivity index (χ0v) is 12.0. The van der Waals surface area contributed by atoms with Crippen LogP contribution in [0.2, 0.25) is 0 Å². The van der Waals surface area contributed by atoms with E-state index in [9.17, 15) is 14.9 Å². The van der Waals surface area contributed by atoms with Gasteiger partial charge in [-0.05, 0) is 24.0 Å². The summed E-state index contributed by atoms with van der Waals surface area (Å²) < 4.78 is 0. The first-order chi connectivity index (χ1) is 9.34. The van der Waals surface area contributed by atoms with Crippen LogP contribution in [-0.2, 0) is 0 Å². The maximum Gasteiger partial charge on any atom is 0.282 e. The van der Waals surface area contributed by atoms with Crippen molar-refractivity contribution >= 4 is 17.3 Å². The number of nitrogens with zero attached hydrogens (tertiary/aromatic N) is 2. The van der Waals surface area contributed by atoms with E-state index in [4.69, 9.17) is 0 Å². The molecular weight excluding hydrogens is 258 g/mol. The molecule has 1 aliphatic heterocycles. The second kappa shape index (κ2) is 5.11. The normalized spacial score (nSPS) is 17.1. The number of nitrogens with one attached hydrogen (secondary N) is 1. The van der Waals surface area contributed by atoms with Crippen molar-refractivity contribution in [2.75, 3.05) is 25.5 Å². The van der Waals surface area contributed by atoms with E-state index in [1.54, 1.807) is 24.1 Å². The molecule has 6 heteroatoms. The summed E-state index contributed by atoms with van der Waals surface area (Å²) >= 11 is 0. The van der Waals surface area contributed by atoms with Gasteiger partial charge in [-0.25, -0.2) is 0 Å². The van der Waals surface area contributed by atoms with Crippen molar-refractivity contribution < 1.29 is 9.72 Å².